The number of aromatic nitrogens is 1. The van der Waals surface area contributed by atoms with Crippen molar-refractivity contribution in [3.8, 4) is 0 Å². The van der Waals surface area contributed by atoms with Gasteiger partial charge >= 0.3 is 13.1 Å². The lowest BCUT2D eigenvalue weighted by atomic mass is 9.64. The predicted octanol–water partition coefficient (Wildman–Crippen LogP) is 0.0762. The van der Waals surface area contributed by atoms with Crippen molar-refractivity contribution < 1.29 is 24.4 Å². The van der Waals surface area contributed by atoms with Crippen molar-refractivity contribution in [1.82, 2.24) is 4.98 Å². The molecular weight excluding hydrogens is 313 g/mol. The van der Waals surface area contributed by atoms with Crippen molar-refractivity contribution in [2.45, 2.75) is 50.7 Å². The zero-order valence-electron chi connectivity index (χ0n) is 13.4. The maximum Gasteiger partial charge on any atom is 0.458 e. The van der Waals surface area contributed by atoms with Crippen molar-refractivity contribution in [2.24, 2.45) is 11.5 Å². The van der Waals surface area contributed by atoms with Gasteiger partial charge in [-0.15, -0.1) is 0 Å². The minimum absolute atomic E-state index is 0.106. The summed E-state index contributed by atoms with van der Waals surface area (Å²) in [6.45, 7) is 0.494. The molecule has 1 aliphatic rings. The van der Waals surface area contributed by atoms with E-state index in [-0.39, 0.29) is 37.5 Å². The Balaban J connectivity index is 1.99. The van der Waals surface area contributed by atoms with Crippen LogP contribution in [0.25, 0.3) is 0 Å². The van der Waals surface area contributed by atoms with Gasteiger partial charge in [-0.25, -0.2) is 0 Å². The molecule has 24 heavy (non-hydrogen) atoms. The van der Waals surface area contributed by atoms with Gasteiger partial charge < -0.3 is 26.3 Å². The molecule has 2 heterocycles. The van der Waals surface area contributed by atoms with E-state index < -0.39 is 19.2 Å². The van der Waals surface area contributed by atoms with Crippen LogP contribution in [-0.4, -0.2) is 40.1 Å². The SMILES string of the molecule is NCc1cc(C(=O)C[C@H]2CC[C@@H](CC(=O)O)OB2O)cnc1CN. The number of pyridine rings is 1. The van der Waals surface area contributed by atoms with Crippen molar-refractivity contribution in [3.05, 3.63) is 29.1 Å². The largest absolute Gasteiger partial charge is 0.481 e. The Morgan fingerprint density at radius 2 is 2.04 bits per heavy atom. The number of ketones is 1. The molecule has 1 aliphatic heterocycles. The van der Waals surface area contributed by atoms with E-state index in [1.165, 1.54) is 6.20 Å². The number of Topliss-reactive ketones (excluding diaryl/α,β-unsaturated/α-hetero) is 1. The van der Waals surface area contributed by atoms with Crippen LogP contribution in [0.4, 0.5) is 0 Å². The van der Waals surface area contributed by atoms with Gasteiger partial charge in [0.15, 0.2) is 5.78 Å². The van der Waals surface area contributed by atoms with Gasteiger partial charge in [-0.3, -0.25) is 14.6 Å². The first kappa shape index (κ1) is 18.5. The lowest BCUT2D eigenvalue weighted by Crippen LogP contribution is -2.38. The van der Waals surface area contributed by atoms with Crippen LogP contribution < -0.4 is 11.5 Å². The molecule has 0 saturated carbocycles. The van der Waals surface area contributed by atoms with Crippen LogP contribution in [0.3, 0.4) is 0 Å². The first-order valence-corrected chi connectivity index (χ1v) is 7.91. The monoisotopic (exact) mass is 335 g/mol. The van der Waals surface area contributed by atoms with Crippen LogP contribution in [0.15, 0.2) is 12.3 Å². The van der Waals surface area contributed by atoms with Gasteiger partial charge in [0, 0.05) is 37.1 Å². The molecule has 8 nitrogen and oxygen atoms in total. The number of carboxylic acids is 1. The molecule has 9 heteroatoms. The second-order valence-electron chi connectivity index (χ2n) is 5.95. The third-order valence-corrected chi connectivity index (χ3v) is 4.24. The fourth-order valence-corrected chi connectivity index (χ4v) is 2.87. The highest BCUT2D eigenvalue weighted by Gasteiger charge is 2.36. The third-order valence-electron chi connectivity index (χ3n) is 4.24. The number of carbonyl (C=O) groups is 2. The van der Waals surface area contributed by atoms with Crippen LogP contribution in [0.2, 0.25) is 5.82 Å². The van der Waals surface area contributed by atoms with Crippen LogP contribution in [0, 0.1) is 0 Å². The topological polar surface area (TPSA) is 149 Å². The summed E-state index contributed by atoms with van der Waals surface area (Å²) in [5.41, 5.74) is 13.0. The first-order valence-electron chi connectivity index (χ1n) is 7.91. The molecule has 2 atom stereocenters. The van der Waals surface area contributed by atoms with Gasteiger partial charge in [0.2, 0.25) is 0 Å². The highest BCUT2D eigenvalue weighted by Crippen LogP contribution is 2.31. The highest BCUT2D eigenvalue weighted by atomic mass is 16.5. The Morgan fingerprint density at radius 1 is 1.29 bits per heavy atom. The van der Waals surface area contributed by atoms with Gasteiger partial charge in [-0.2, -0.15) is 0 Å². The van der Waals surface area contributed by atoms with E-state index >= 15 is 0 Å². The number of rotatable bonds is 7. The number of nitrogens with two attached hydrogens (primary N) is 2. The second kappa shape index (κ2) is 8.34. The zero-order valence-corrected chi connectivity index (χ0v) is 13.4. The minimum Gasteiger partial charge on any atom is -0.481 e. The average Bonchev–Trinajstić information content (AvgIpc) is 2.56. The molecule has 0 amide bonds. The zero-order chi connectivity index (χ0) is 17.7. The fourth-order valence-electron chi connectivity index (χ4n) is 2.87. The molecule has 1 aromatic heterocycles. The Bertz CT molecular complexity index is 613. The first-order chi connectivity index (χ1) is 11.4. The molecule has 0 aliphatic carbocycles. The van der Waals surface area contributed by atoms with Crippen molar-refractivity contribution >= 4 is 18.9 Å². The summed E-state index contributed by atoms with van der Waals surface area (Å²) in [6, 6.07) is 1.68. The molecule has 0 aromatic carbocycles. The lowest BCUT2D eigenvalue weighted by molar-refractivity contribution is -0.139. The highest BCUT2D eigenvalue weighted by molar-refractivity contribution is 6.45. The number of carbonyl (C=O) groups excluding carboxylic acids is 1. The molecule has 0 spiro atoms. The normalized spacial score (nSPS) is 20.9. The van der Waals surface area contributed by atoms with Crippen molar-refractivity contribution in [3.63, 3.8) is 0 Å². The molecule has 0 bridgehead atoms. The van der Waals surface area contributed by atoms with E-state index in [1.807, 2.05) is 0 Å². The molecule has 0 radical (unpaired) electrons. The summed E-state index contributed by atoms with van der Waals surface area (Å²) < 4.78 is 5.30. The third kappa shape index (κ3) is 4.61. The van der Waals surface area contributed by atoms with Gasteiger partial charge in [-0.05, 0) is 24.5 Å². The molecule has 130 valence electrons. The van der Waals surface area contributed by atoms with Crippen LogP contribution >= 0.6 is 0 Å². The van der Waals surface area contributed by atoms with Crippen LogP contribution in [0.5, 0.6) is 0 Å². The van der Waals surface area contributed by atoms with Gasteiger partial charge in [0.25, 0.3) is 0 Å². The second-order valence-corrected chi connectivity index (χ2v) is 5.95. The molecule has 6 N–H and O–H groups in total. The Kier molecular flexibility index (Phi) is 6.44. The summed E-state index contributed by atoms with van der Waals surface area (Å²) in [6.07, 6.45) is 1.94. The number of aliphatic carboxylic acids is 1. The minimum atomic E-state index is -1.14. The van der Waals surface area contributed by atoms with E-state index in [9.17, 15) is 14.6 Å². The van der Waals surface area contributed by atoms with Gasteiger partial charge in [0.1, 0.15) is 0 Å². The fraction of sp³-hybridized carbons (Fsp3) is 0.533. The Morgan fingerprint density at radius 3 is 2.62 bits per heavy atom. The summed E-state index contributed by atoms with van der Waals surface area (Å²) in [4.78, 5) is 27.3. The standard InChI is InChI=1S/C15H22BN3O5/c17-6-9-3-10(8-19-13(9)7-18)14(20)4-11-1-2-12(5-15(21)22)24-16(11)23/h3,8,11-12,23H,1-2,4-7,17-18H2,(H,21,22)/t11-,12+/m1/s1. The van der Waals surface area contributed by atoms with E-state index in [0.29, 0.717) is 24.1 Å². The van der Waals surface area contributed by atoms with E-state index in [2.05, 4.69) is 4.98 Å². The summed E-state index contributed by atoms with van der Waals surface area (Å²) in [5.74, 6) is -1.50. The Labute approximate surface area is 140 Å². The molecule has 2 rings (SSSR count). The molecule has 1 saturated heterocycles. The quantitative estimate of drug-likeness (QED) is 0.404. The van der Waals surface area contributed by atoms with E-state index in [1.54, 1.807) is 6.07 Å². The molecule has 1 fully saturated rings. The number of nitrogens with zero attached hydrogens (tertiary/aromatic N) is 1. The van der Waals surface area contributed by atoms with Crippen LogP contribution in [-0.2, 0) is 22.5 Å². The summed E-state index contributed by atoms with van der Waals surface area (Å²) >= 11 is 0. The number of hydrogen-bond donors (Lipinski definition) is 4. The number of hydrogen-bond acceptors (Lipinski definition) is 7. The molecule has 1 aromatic rings. The average molecular weight is 335 g/mol. The van der Waals surface area contributed by atoms with Crippen molar-refractivity contribution in [1.29, 1.82) is 0 Å². The molecule has 0 unspecified atom stereocenters. The van der Waals surface area contributed by atoms with Gasteiger partial charge in [-0.1, -0.05) is 0 Å². The number of carboxylic acid groups (broad SMARTS) is 1. The van der Waals surface area contributed by atoms with E-state index in [4.69, 9.17) is 21.2 Å². The van der Waals surface area contributed by atoms with Crippen molar-refractivity contribution in [2.75, 3.05) is 0 Å². The Hall–Kier alpha value is -1.81. The summed E-state index contributed by atoms with van der Waals surface area (Å²) in [5, 5.41) is 18.8. The van der Waals surface area contributed by atoms with Gasteiger partial charge in [0.05, 0.1) is 18.2 Å². The summed E-state index contributed by atoms with van der Waals surface area (Å²) in [7, 11) is -1.14. The maximum atomic E-state index is 12.4. The lowest BCUT2D eigenvalue weighted by Gasteiger charge is -2.30. The molecular formula is C15H22BN3O5. The smallest absolute Gasteiger partial charge is 0.458 e. The maximum absolute atomic E-state index is 12.4. The van der Waals surface area contributed by atoms with E-state index in [0.717, 1.165) is 5.56 Å². The predicted molar refractivity (Wildman–Crippen MR) is 87.0 cm³/mol. The van der Waals surface area contributed by atoms with Crippen LogP contribution in [0.1, 0.15) is 47.3 Å².